The molecule has 4 rings (SSSR count). The molecule has 1 unspecified atom stereocenters. The average molecular weight is 510 g/mol. The van der Waals surface area contributed by atoms with Gasteiger partial charge in [0.05, 0.1) is 24.0 Å². The molecule has 2 saturated heterocycles. The monoisotopic (exact) mass is 509 g/mol. The van der Waals surface area contributed by atoms with Crippen LogP contribution >= 0.6 is 0 Å². The zero-order valence-corrected chi connectivity index (χ0v) is 20.5. The number of aryl methyl sites for hydroxylation is 2. The fourth-order valence-electron chi connectivity index (χ4n) is 4.50. The summed E-state index contributed by atoms with van der Waals surface area (Å²) in [5.74, 6) is -2.61. The van der Waals surface area contributed by atoms with Gasteiger partial charge in [-0.2, -0.15) is 18.3 Å². The SMILES string of the molecule is CCCc1ccc(C(=O)N2CCC3(C2)CN(c2cnn(C)c2)C(=O)CN3C)cc1.O=C(O)C(F)(F)F. The molecule has 0 bridgehead atoms. The van der Waals surface area contributed by atoms with E-state index in [1.54, 1.807) is 10.9 Å². The summed E-state index contributed by atoms with van der Waals surface area (Å²) in [6, 6.07) is 7.99. The van der Waals surface area contributed by atoms with E-state index >= 15 is 0 Å². The highest BCUT2D eigenvalue weighted by atomic mass is 19.4. The van der Waals surface area contributed by atoms with Gasteiger partial charge in [0, 0.05) is 38.4 Å². The van der Waals surface area contributed by atoms with Crippen LogP contribution in [-0.4, -0.2) is 87.4 Å². The highest BCUT2D eigenvalue weighted by molar-refractivity contribution is 5.96. The number of hydrogen-bond donors (Lipinski definition) is 1. The average Bonchev–Trinajstić information content (AvgIpc) is 3.44. The van der Waals surface area contributed by atoms with Crippen molar-refractivity contribution in [2.45, 2.75) is 37.9 Å². The van der Waals surface area contributed by atoms with Crippen molar-refractivity contribution in [3.05, 3.63) is 47.8 Å². The van der Waals surface area contributed by atoms with Crippen LogP contribution in [0.3, 0.4) is 0 Å². The van der Waals surface area contributed by atoms with Gasteiger partial charge in [0.25, 0.3) is 5.91 Å². The highest BCUT2D eigenvalue weighted by Crippen LogP contribution is 2.34. The van der Waals surface area contributed by atoms with Crippen molar-refractivity contribution in [2.24, 2.45) is 7.05 Å². The number of carboxylic acids is 1. The molecule has 2 aromatic rings. The van der Waals surface area contributed by atoms with Gasteiger partial charge in [-0.15, -0.1) is 0 Å². The number of alkyl halides is 3. The van der Waals surface area contributed by atoms with Crippen molar-refractivity contribution in [3.63, 3.8) is 0 Å². The quantitative estimate of drug-likeness (QED) is 0.680. The molecule has 196 valence electrons. The molecule has 1 aromatic carbocycles. The zero-order chi connectivity index (χ0) is 26.7. The Morgan fingerprint density at radius 2 is 1.78 bits per heavy atom. The van der Waals surface area contributed by atoms with E-state index in [1.165, 1.54) is 5.56 Å². The maximum absolute atomic E-state index is 13.1. The van der Waals surface area contributed by atoms with Gasteiger partial charge in [-0.3, -0.25) is 19.2 Å². The van der Waals surface area contributed by atoms with Crippen LogP contribution in [0.15, 0.2) is 36.7 Å². The highest BCUT2D eigenvalue weighted by Gasteiger charge is 2.49. The van der Waals surface area contributed by atoms with E-state index in [1.807, 2.05) is 42.2 Å². The molecule has 2 amide bonds. The minimum Gasteiger partial charge on any atom is -0.475 e. The lowest BCUT2D eigenvalue weighted by molar-refractivity contribution is -0.192. The van der Waals surface area contributed by atoms with Gasteiger partial charge < -0.3 is 14.9 Å². The standard InChI is InChI=1S/C22H29N5O2.C2HF3O2/c1-4-5-17-6-8-18(9-7-17)21(29)26-11-10-22(15-26)16-27(20(28)14-24(22)2)19-12-23-25(3)13-19;3-2(4,5)1(6)7/h6-9,12-13H,4-5,10-11,14-16H2,1-3H3;(H,6,7). The van der Waals surface area contributed by atoms with Gasteiger partial charge in [-0.05, 0) is 37.6 Å². The zero-order valence-electron chi connectivity index (χ0n) is 20.5. The molecule has 2 aliphatic rings. The molecular weight excluding hydrogens is 479 g/mol. The minimum atomic E-state index is -5.08. The number of rotatable bonds is 4. The van der Waals surface area contributed by atoms with E-state index in [4.69, 9.17) is 9.90 Å². The molecule has 1 aromatic heterocycles. The van der Waals surface area contributed by atoms with Crippen LogP contribution in [0, 0.1) is 0 Å². The summed E-state index contributed by atoms with van der Waals surface area (Å²) in [5, 5.41) is 11.3. The predicted molar refractivity (Wildman–Crippen MR) is 126 cm³/mol. The molecule has 0 saturated carbocycles. The van der Waals surface area contributed by atoms with Crippen molar-refractivity contribution in [3.8, 4) is 0 Å². The Morgan fingerprint density at radius 3 is 2.31 bits per heavy atom. The van der Waals surface area contributed by atoms with Gasteiger partial charge in [0.15, 0.2) is 0 Å². The Balaban J connectivity index is 0.000000454. The fourth-order valence-corrected chi connectivity index (χ4v) is 4.50. The van der Waals surface area contributed by atoms with Crippen molar-refractivity contribution in [1.82, 2.24) is 19.6 Å². The number of halogens is 3. The van der Waals surface area contributed by atoms with Gasteiger partial charge >= 0.3 is 12.1 Å². The van der Waals surface area contributed by atoms with E-state index in [2.05, 4.69) is 29.1 Å². The minimum absolute atomic E-state index is 0.0717. The topological polar surface area (TPSA) is 99.0 Å². The molecule has 2 fully saturated rings. The van der Waals surface area contributed by atoms with Crippen molar-refractivity contribution < 1.29 is 32.7 Å². The first-order chi connectivity index (χ1) is 16.9. The molecule has 0 radical (unpaired) electrons. The van der Waals surface area contributed by atoms with Crippen molar-refractivity contribution in [2.75, 3.05) is 38.1 Å². The van der Waals surface area contributed by atoms with E-state index in [9.17, 15) is 22.8 Å². The maximum atomic E-state index is 13.1. The lowest BCUT2D eigenvalue weighted by Gasteiger charge is -2.46. The smallest absolute Gasteiger partial charge is 0.475 e. The number of carbonyl (C=O) groups is 3. The normalized spacial score (nSPS) is 20.4. The summed E-state index contributed by atoms with van der Waals surface area (Å²) in [6.07, 6.45) is 1.50. The molecule has 2 aliphatic heterocycles. The molecule has 3 heterocycles. The third-order valence-electron chi connectivity index (χ3n) is 6.54. The second kappa shape index (κ2) is 10.7. The van der Waals surface area contributed by atoms with E-state index in [0.29, 0.717) is 26.2 Å². The summed E-state index contributed by atoms with van der Waals surface area (Å²) >= 11 is 0. The van der Waals surface area contributed by atoms with Crippen molar-refractivity contribution >= 4 is 23.5 Å². The van der Waals surface area contributed by atoms with E-state index < -0.39 is 12.1 Å². The molecule has 1 atom stereocenters. The number of aromatic nitrogens is 2. The third-order valence-corrected chi connectivity index (χ3v) is 6.54. The first kappa shape index (κ1) is 27.2. The van der Waals surface area contributed by atoms with Gasteiger partial charge in [0.1, 0.15) is 0 Å². The van der Waals surface area contributed by atoms with Crippen LogP contribution in [0.5, 0.6) is 0 Å². The summed E-state index contributed by atoms with van der Waals surface area (Å²) in [5.41, 5.74) is 2.60. The lowest BCUT2D eigenvalue weighted by Crippen LogP contribution is -2.64. The summed E-state index contributed by atoms with van der Waals surface area (Å²) in [7, 11) is 3.84. The molecule has 1 spiro atoms. The Morgan fingerprint density at radius 1 is 1.14 bits per heavy atom. The molecule has 9 nitrogen and oxygen atoms in total. The molecule has 36 heavy (non-hydrogen) atoms. The Bertz CT molecular complexity index is 1100. The summed E-state index contributed by atoms with van der Waals surface area (Å²) in [6.45, 7) is 4.41. The predicted octanol–water partition coefficient (Wildman–Crippen LogP) is 2.57. The summed E-state index contributed by atoms with van der Waals surface area (Å²) < 4.78 is 33.4. The number of carboxylic acid groups (broad SMARTS) is 1. The van der Waals surface area contributed by atoms with E-state index in [-0.39, 0.29) is 17.4 Å². The Labute approximate surface area is 207 Å². The molecule has 1 N–H and O–H groups in total. The second-order valence-corrected chi connectivity index (χ2v) is 9.16. The van der Waals surface area contributed by atoms with Gasteiger partial charge in [-0.1, -0.05) is 25.5 Å². The van der Waals surface area contributed by atoms with Crippen LogP contribution in [0.2, 0.25) is 0 Å². The number of amides is 2. The molecule has 12 heteroatoms. The number of benzene rings is 1. The number of piperazine rings is 1. The van der Waals surface area contributed by atoms with Crippen molar-refractivity contribution in [1.29, 1.82) is 0 Å². The number of carbonyl (C=O) groups excluding carboxylic acids is 2. The first-order valence-electron chi connectivity index (χ1n) is 11.5. The van der Waals surface area contributed by atoms with Crippen LogP contribution in [-0.2, 0) is 23.1 Å². The van der Waals surface area contributed by atoms with Crippen LogP contribution in [0.25, 0.3) is 0 Å². The first-order valence-corrected chi connectivity index (χ1v) is 11.5. The Kier molecular flexibility index (Phi) is 8.07. The number of likely N-dealkylation sites (tertiary alicyclic amines) is 1. The van der Waals surface area contributed by atoms with Crippen LogP contribution < -0.4 is 4.90 Å². The summed E-state index contributed by atoms with van der Waals surface area (Å²) in [4.78, 5) is 40.5. The van der Waals surface area contributed by atoms with Gasteiger partial charge in [-0.25, -0.2) is 4.79 Å². The third kappa shape index (κ3) is 6.04. The van der Waals surface area contributed by atoms with E-state index in [0.717, 1.165) is 30.5 Å². The van der Waals surface area contributed by atoms with Gasteiger partial charge in [0.2, 0.25) is 5.91 Å². The molecular formula is C24H30F3N5O4. The maximum Gasteiger partial charge on any atom is 0.490 e. The number of anilines is 1. The number of hydrogen-bond acceptors (Lipinski definition) is 5. The van der Waals surface area contributed by atoms with Crippen LogP contribution in [0.1, 0.15) is 35.7 Å². The fraction of sp³-hybridized carbons (Fsp3) is 0.500. The number of nitrogens with zero attached hydrogens (tertiary/aromatic N) is 5. The number of aliphatic carboxylic acids is 1. The second-order valence-electron chi connectivity index (χ2n) is 9.16. The number of likely N-dealkylation sites (N-methyl/N-ethyl adjacent to an activating group) is 1. The molecule has 0 aliphatic carbocycles. The largest absolute Gasteiger partial charge is 0.490 e. The van der Waals surface area contributed by atoms with Crippen LogP contribution in [0.4, 0.5) is 18.9 Å². The Hall–Kier alpha value is -3.41. The lowest BCUT2D eigenvalue weighted by atomic mass is 9.93.